The monoisotopic (exact) mass is 423 g/mol. The summed E-state index contributed by atoms with van der Waals surface area (Å²) in [6.07, 6.45) is 0.0110. The van der Waals surface area contributed by atoms with E-state index in [4.69, 9.17) is 0 Å². The lowest BCUT2D eigenvalue weighted by molar-refractivity contribution is -0.123. The van der Waals surface area contributed by atoms with Gasteiger partial charge in [-0.25, -0.2) is 0 Å². The first-order valence-corrected chi connectivity index (χ1v) is 9.14. The molecule has 25 heavy (non-hydrogen) atoms. The van der Waals surface area contributed by atoms with Crippen molar-refractivity contribution in [2.24, 2.45) is 0 Å². The predicted octanol–water partition coefficient (Wildman–Crippen LogP) is 2.85. The summed E-state index contributed by atoms with van der Waals surface area (Å²) in [4.78, 5) is 36.0. The molecule has 8 heteroatoms. The highest BCUT2D eigenvalue weighted by Gasteiger charge is 2.18. The number of nitrogens with one attached hydrogen (secondary N) is 3. The van der Waals surface area contributed by atoms with Crippen molar-refractivity contribution < 1.29 is 14.4 Å². The number of amides is 3. The summed E-state index contributed by atoms with van der Waals surface area (Å²) in [6, 6.07) is 10.5. The third-order valence-electron chi connectivity index (χ3n) is 3.36. The van der Waals surface area contributed by atoms with E-state index in [9.17, 15) is 14.4 Å². The third kappa shape index (κ3) is 5.99. The van der Waals surface area contributed by atoms with Gasteiger partial charge in [-0.2, -0.15) is 0 Å². The zero-order valence-corrected chi connectivity index (χ0v) is 16.2. The van der Waals surface area contributed by atoms with Gasteiger partial charge in [0.1, 0.15) is 0 Å². The van der Waals surface area contributed by atoms with Gasteiger partial charge in [0.2, 0.25) is 11.8 Å². The van der Waals surface area contributed by atoms with Crippen LogP contribution in [0.25, 0.3) is 0 Å². The predicted molar refractivity (Wildman–Crippen MR) is 100.0 cm³/mol. The van der Waals surface area contributed by atoms with Gasteiger partial charge in [0.15, 0.2) is 0 Å². The van der Waals surface area contributed by atoms with Crippen molar-refractivity contribution in [3.63, 3.8) is 0 Å². The molecule has 0 fully saturated rings. The molecule has 3 amide bonds. The third-order valence-corrected chi connectivity index (χ3v) is 4.98. The molecule has 0 aliphatic heterocycles. The molecule has 1 unspecified atom stereocenters. The minimum atomic E-state index is -0.467. The molecule has 1 aromatic carbocycles. The van der Waals surface area contributed by atoms with Gasteiger partial charge in [0.25, 0.3) is 5.91 Å². The highest BCUT2D eigenvalue weighted by molar-refractivity contribution is 9.11. The molecule has 0 aliphatic rings. The maximum absolute atomic E-state index is 12.1. The van der Waals surface area contributed by atoms with Crippen LogP contribution < -0.4 is 16.2 Å². The molecule has 1 aromatic heterocycles. The summed E-state index contributed by atoms with van der Waals surface area (Å²) in [7, 11) is 0. The van der Waals surface area contributed by atoms with Gasteiger partial charge in [-0.3, -0.25) is 25.2 Å². The van der Waals surface area contributed by atoms with Crippen LogP contribution in [0.3, 0.4) is 0 Å². The minimum Gasteiger partial charge on any atom is -0.349 e. The van der Waals surface area contributed by atoms with Crippen molar-refractivity contribution in [1.82, 2.24) is 16.2 Å². The lowest BCUT2D eigenvalue weighted by Gasteiger charge is -2.18. The molecule has 0 bridgehead atoms. The minimum absolute atomic E-state index is 0.0110. The van der Waals surface area contributed by atoms with Crippen molar-refractivity contribution in [1.29, 1.82) is 0 Å². The van der Waals surface area contributed by atoms with Crippen LogP contribution in [0.2, 0.25) is 0 Å². The van der Waals surface area contributed by atoms with E-state index in [-0.39, 0.29) is 12.3 Å². The smallest absolute Gasteiger partial charge is 0.279 e. The standard InChI is InChI=1S/C17H18BrN3O3S/c1-10-3-5-12(6-4-10)13(19-11(2)22)9-16(23)20-21-17(24)14-7-8-15(18)25-14/h3-8,13H,9H2,1-2H3,(H,19,22)(H,20,23)(H,21,24). The topological polar surface area (TPSA) is 87.3 Å². The normalized spacial score (nSPS) is 11.5. The molecular weight excluding hydrogens is 406 g/mol. The Hall–Kier alpha value is -2.19. The quantitative estimate of drug-likeness (QED) is 0.646. The lowest BCUT2D eigenvalue weighted by Crippen LogP contribution is -2.43. The molecule has 3 N–H and O–H groups in total. The second kappa shape index (κ2) is 8.77. The molecule has 0 saturated carbocycles. The van der Waals surface area contributed by atoms with Gasteiger partial charge < -0.3 is 5.32 Å². The van der Waals surface area contributed by atoms with Gasteiger partial charge in [-0.1, -0.05) is 29.8 Å². The van der Waals surface area contributed by atoms with E-state index in [0.29, 0.717) is 4.88 Å². The maximum atomic E-state index is 12.1. The number of halogens is 1. The first-order valence-electron chi connectivity index (χ1n) is 7.53. The largest absolute Gasteiger partial charge is 0.349 e. The van der Waals surface area contributed by atoms with Crippen LogP contribution in [0, 0.1) is 6.92 Å². The Morgan fingerprint density at radius 1 is 1.08 bits per heavy atom. The van der Waals surface area contributed by atoms with Crippen molar-refractivity contribution in [2.45, 2.75) is 26.3 Å². The molecule has 0 aliphatic carbocycles. The van der Waals surface area contributed by atoms with Crippen LogP contribution >= 0.6 is 27.3 Å². The van der Waals surface area contributed by atoms with Crippen molar-refractivity contribution in [3.05, 3.63) is 56.2 Å². The van der Waals surface area contributed by atoms with Crippen LogP contribution in [-0.4, -0.2) is 17.7 Å². The number of rotatable bonds is 5. The Morgan fingerprint density at radius 2 is 1.76 bits per heavy atom. The first kappa shape index (κ1) is 19.1. The summed E-state index contributed by atoms with van der Waals surface area (Å²) in [6.45, 7) is 3.36. The molecular formula is C17H18BrN3O3S. The Balaban J connectivity index is 1.95. The average molecular weight is 424 g/mol. The fraction of sp³-hybridized carbons (Fsp3) is 0.235. The highest BCUT2D eigenvalue weighted by Crippen LogP contribution is 2.21. The van der Waals surface area contributed by atoms with Gasteiger partial charge in [0, 0.05) is 6.92 Å². The number of thiophene rings is 1. The molecule has 2 aromatic rings. The number of benzene rings is 1. The van der Waals surface area contributed by atoms with Crippen molar-refractivity contribution in [2.75, 3.05) is 0 Å². The first-order chi connectivity index (χ1) is 11.8. The van der Waals surface area contributed by atoms with Gasteiger partial charge in [0.05, 0.1) is 21.1 Å². The second-order valence-electron chi connectivity index (χ2n) is 5.47. The zero-order valence-electron chi connectivity index (χ0n) is 13.8. The van der Waals surface area contributed by atoms with Crippen molar-refractivity contribution in [3.8, 4) is 0 Å². The number of hydrazine groups is 1. The number of carbonyl (C=O) groups is 3. The fourth-order valence-electron chi connectivity index (χ4n) is 2.16. The molecule has 2 rings (SSSR count). The zero-order chi connectivity index (χ0) is 18.4. The lowest BCUT2D eigenvalue weighted by atomic mass is 10.0. The fourth-order valence-corrected chi connectivity index (χ4v) is 3.44. The summed E-state index contributed by atoms with van der Waals surface area (Å²) >= 11 is 4.54. The van der Waals surface area contributed by atoms with E-state index in [1.807, 2.05) is 31.2 Å². The second-order valence-corrected chi connectivity index (χ2v) is 7.94. The Bertz CT molecular complexity index is 774. The van der Waals surface area contributed by atoms with E-state index in [1.165, 1.54) is 18.3 Å². The van der Waals surface area contributed by atoms with Crippen LogP contribution in [0.15, 0.2) is 40.2 Å². The molecule has 0 spiro atoms. The van der Waals surface area contributed by atoms with E-state index in [2.05, 4.69) is 32.1 Å². The van der Waals surface area contributed by atoms with E-state index >= 15 is 0 Å². The number of hydrogen-bond acceptors (Lipinski definition) is 4. The Kier molecular flexibility index (Phi) is 6.72. The van der Waals surface area contributed by atoms with Crippen LogP contribution in [-0.2, 0) is 9.59 Å². The maximum Gasteiger partial charge on any atom is 0.279 e. The van der Waals surface area contributed by atoms with E-state index in [0.717, 1.165) is 14.9 Å². The van der Waals surface area contributed by atoms with Crippen LogP contribution in [0.1, 0.15) is 40.2 Å². The molecule has 0 saturated heterocycles. The molecule has 1 heterocycles. The van der Waals surface area contributed by atoms with Crippen LogP contribution in [0.5, 0.6) is 0 Å². The van der Waals surface area contributed by atoms with Gasteiger partial charge in [-0.05, 0) is 40.5 Å². The van der Waals surface area contributed by atoms with E-state index < -0.39 is 17.9 Å². The molecule has 6 nitrogen and oxygen atoms in total. The highest BCUT2D eigenvalue weighted by atomic mass is 79.9. The van der Waals surface area contributed by atoms with Crippen molar-refractivity contribution >= 4 is 45.0 Å². The van der Waals surface area contributed by atoms with Gasteiger partial charge >= 0.3 is 0 Å². The number of carbonyl (C=O) groups excluding carboxylic acids is 3. The van der Waals surface area contributed by atoms with E-state index in [1.54, 1.807) is 12.1 Å². The molecule has 1 atom stereocenters. The Labute approximate surface area is 158 Å². The summed E-state index contributed by atoms with van der Waals surface area (Å²) in [5.74, 6) is -1.02. The summed E-state index contributed by atoms with van der Waals surface area (Å²) < 4.78 is 0.828. The van der Waals surface area contributed by atoms with Gasteiger partial charge in [-0.15, -0.1) is 11.3 Å². The SMILES string of the molecule is CC(=O)NC(CC(=O)NNC(=O)c1ccc(Br)s1)c1ccc(C)cc1. The Morgan fingerprint density at radius 3 is 2.32 bits per heavy atom. The average Bonchev–Trinajstić information content (AvgIpc) is 2.99. The number of hydrogen-bond donors (Lipinski definition) is 3. The summed E-state index contributed by atoms with van der Waals surface area (Å²) in [5.41, 5.74) is 6.66. The molecule has 0 radical (unpaired) electrons. The summed E-state index contributed by atoms with van der Waals surface area (Å²) in [5, 5.41) is 2.75. The number of aryl methyl sites for hydroxylation is 1. The van der Waals surface area contributed by atoms with Crippen LogP contribution in [0.4, 0.5) is 0 Å². The molecule has 132 valence electrons.